The third-order valence-corrected chi connectivity index (χ3v) is 2.68. The molecular weight excluding hydrogens is 220 g/mol. The molecule has 0 bridgehead atoms. The first kappa shape index (κ1) is 12.4. The van der Waals surface area contributed by atoms with Crippen LogP contribution in [0.1, 0.15) is 5.56 Å². The lowest BCUT2D eigenvalue weighted by atomic mass is 10.0. The first-order chi connectivity index (χ1) is 8.90. The van der Waals surface area contributed by atoms with E-state index in [2.05, 4.69) is 48.7 Å². The van der Waals surface area contributed by atoms with Crippen molar-refractivity contribution in [1.82, 2.24) is 0 Å². The highest BCUT2D eigenvalue weighted by Gasteiger charge is 1.97. The first-order valence-corrected chi connectivity index (χ1v) is 5.96. The van der Waals surface area contributed by atoms with Gasteiger partial charge in [-0.1, -0.05) is 61.2 Å². The highest BCUT2D eigenvalue weighted by Crippen LogP contribution is 2.19. The average Bonchev–Trinajstić information content (AvgIpc) is 2.45. The van der Waals surface area contributed by atoms with Crippen LogP contribution in [-0.4, -0.2) is 6.61 Å². The number of ether oxygens (including phenoxy) is 1. The van der Waals surface area contributed by atoms with E-state index in [1.165, 1.54) is 16.7 Å². The molecule has 0 spiro atoms. The second-order valence-corrected chi connectivity index (χ2v) is 3.99. The van der Waals surface area contributed by atoms with Crippen molar-refractivity contribution < 1.29 is 4.74 Å². The van der Waals surface area contributed by atoms with Crippen LogP contribution in [0, 0.1) is 0 Å². The summed E-state index contributed by atoms with van der Waals surface area (Å²) in [5.41, 5.74) is 6.32. The van der Waals surface area contributed by atoms with Crippen LogP contribution in [0.25, 0.3) is 11.1 Å². The molecule has 0 aliphatic carbocycles. The second-order valence-electron chi connectivity index (χ2n) is 3.99. The molecule has 2 aromatic rings. The van der Waals surface area contributed by atoms with Gasteiger partial charge in [0.1, 0.15) is 0 Å². The van der Waals surface area contributed by atoms with E-state index in [1.807, 2.05) is 18.2 Å². The van der Waals surface area contributed by atoms with E-state index in [4.69, 9.17) is 4.74 Å². The molecule has 0 heterocycles. The van der Waals surface area contributed by atoms with Gasteiger partial charge in [-0.3, -0.25) is 0 Å². The Morgan fingerprint density at radius 1 is 0.944 bits per heavy atom. The zero-order valence-corrected chi connectivity index (χ0v) is 10.3. The summed E-state index contributed by atoms with van der Waals surface area (Å²) < 4.78 is 5.45. The van der Waals surface area contributed by atoms with Crippen molar-refractivity contribution in [1.29, 1.82) is 0 Å². The van der Waals surface area contributed by atoms with E-state index in [0.717, 1.165) is 0 Å². The van der Waals surface area contributed by atoms with Gasteiger partial charge in [0.15, 0.2) is 0 Å². The first-order valence-electron chi connectivity index (χ1n) is 5.96. The zero-order chi connectivity index (χ0) is 12.6. The SMILES string of the molecule is C=C=CCOCc1ccc(-c2ccccc2)cc1. The molecular formula is C17H16O. The van der Waals surface area contributed by atoms with Crippen molar-refractivity contribution in [3.05, 3.63) is 78.5 Å². The van der Waals surface area contributed by atoms with Gasteiger partial charge in [0.2, 0.25) is 0 Å². The summed E-state index contributed by atoms with van der Waals surface area (Å²) in [6.07, 6.45) is 1.78. The van der Waals surface area contributed by atoms with Crippen molar-refractivity contribution in [3.63, 3.8) is 0 Å². The van der Waals surface area contributed by atoms with Crippen LogP contribution < -0.4 is 0 Å². The van der Waals surface area contributed by atoms with E-state index >= 15 is 0 Å². The highest BCUT2D eigenvalue weighted by molar-refractivity contribution is 5.63. The van der Waals surface area contributed by atoms with Gasteiger partial charge in [-0.15, -0.1) is 5.73 Å². The molecule has 0 amide bonds. The van der Waals surface area contributed by atoms with Crippen LogP contribution in [0.2, 0.25) is 0 Å². The fourth-order valence-electron chi connectivity index (χ4n) is 1.72. The molecule has 0 N–H and O–H groups in total. The molecule has 0 saturated carbocycles. The summed E-state index contributed by atoms with van der Waals surface area (Å²) in [4.78, 5) is 0. The second kappa shape index (κ2) is 6.61. The summed E-state index contributed by atoms with van der Waals surface area (Å²) in [6, 6.07) is 18.8. The normalized spacial score (nSPS) is 9.78. The Balaban J connectivity index is 1.99. The monoisotopic (exact) mass is 236 g/mol. The Bertz CT molecular complexity index is 519. The predicted molar refractivity (Wildman–Crippen MR) is 75.2 cm³/mol. The van der Waals surface area contributed by atoms with Crippen LogP contribution >= 0.6 is 0 Å². The van der Waals surface area contributed by atoms with E-state index in [0.29, 0.717) is 13.2 Å². The molecule has 0 saturated heterocycles. The molecule has 0 aromatic heterocycles. The standard InChI is InChI=1S/C17H16O/c1-2-3-13-18-14-15-9-11-17(12-10-15)16-7-5-4-6-8-16/h3-12H,1,13-14H2. The summed E-state index contributed by atoms with van der Waals surface area (Å²) in [7, 11) is 0. The van der Waals surface area contributed by atoms with Gasteiger partial charge in [-0.2, -0.15) is 0 Å². The fraction of sp³-hybridized carbons (Fsp3) is 0.118. The maximum atomic E-state index is 5.45. The molecule has 0 aliphatic rings. The molecule has 0 unspecified atom stereocenters. The molecule has 0 atom stereocenters. The van der Waals surface area contributed by atoms with Gasteiger partial charge in [-0.05, 0) is 22.8 Å². The number of hydrogen-bond donors (Lipinski definition) is 0. The molecule has 1 nitrogen and oxygen atoms in total. The van der Waals surface area contributed by atoms with E-state index in [1.54, 1.807) is 6.08 Å². The molecule has 90 valence electrons. The number of rotatable bonds is 5. The largest absolute Gasteiger partial charge is 0.372 e. The van der Waals surface area contributed by atoms with Crippen molar-refractivity contribution in [2.24, 2.45) is 0 Å². The smallest absolute Gasteiger partial charge is 0.0725 e. The Morgan fingerprint density at radius 3 is 2.28 bits per heavy atom. The van der Waals surface area contributed by atoms with Gasteiger partial charge in [0.05, 0.1) is 13.2 Å². The molecule has 18 heavy (non-hydrogen) atoms. The summed E-state index contributed by atoms with van der Waals surface area (Å²) in [5, 5.41) is 0. The molecule has 2 rings (SSSR count). The molecule has 0 fully saturated rings. The Kier molecular flexibility index (Phi) is 4.54. The van der Waals surface area contributed by atoms with Crippen molar-refractivity contribution >= 4 is 0 Å². The average molecular weight is 236 g/mol. The van der Waals surface area contributed by atoms with E-state index < -0.39 is 0 Å². The van der Waals surface area contributed by atoms with Crippen LogP contribution in [-0.2, 0) is 11.3 Å². The third-order valence-electron chi connectivity index (χ3n) is 2.68. The summed E-state index contributed by atoms with van der Waals surface area (Å²) in [5.74, 6) is 0. The lowest BCUT2D eigenvalue weighted by molar-refractivity contribution is 0.149. The lowest BCUT2D eigenvalue weighted by Crippen LogP contribution is -1.92. The van der Waals surface area contributed by atoms with Gasteiger partial charge < -0.3 is 4.74 Å². The highest BCUT2D eigenvalue weighted by atomic mass is 16.5. The predicted octanol–water partition coefficient (Wildman–Crippen LogP) is 4.21. The van der Waals surface area contributed by atoms with Crippen LogP contribution in [0.3, 0.4) is 0 Å². The van der Waals surface area contributed by atoms with Gasteiger partial charge in [-0.25, -0.2) is 0 Å². The topological polar surface area (TPSA) is 9.23 Å². The molecule has 0 aliphatic heterocycles. The maximum absolute atomic E-state index is 5.45. The van der Waals surface area contributed by atoms with Gasteiger partial charge >= 0.3 is 0 Å². The minimum atomic E-state index is 0.559. The zero-order valence-electron chi connectivity index (χ0n) is 10.3. The van der Waals surface area contributed by atoms with Gasteiger partial charge in [0, 0.05) is 0 Å². The number of hydrogen-bond acceptors (Lipinski definition) is 1. The van der Waals surface area contributed by atoms with Crippen LogP contribution in [0.15, 0.2) is 73.0 Å². The summed E-state index contributed by atoms with van der Waals surface area (Å²) >= 11 is 0. The van der Waals surface area contributed by atoms with Crippen LogP contribution in [0.5, 0.6) is 0 Å². The lowest BCUT2D eigenvalue weighted by Gasteiger charge is -2.04. The molecule has 2 aromatic carbocycles. The van der Waals surface area contributed by atoms with Crippen molar-refractivity contribution in [2.45, 2.75) is 6.61 Å². The van der Waals surface area contributed by atoms with Crippen molar-refractivity contribution in [2.75, 3.05) is 6.61 Å². The minimum Gasteiger partial charge on any atom is -0.372 e. The minimum absolute atomic E-state index is 0.559. The van der Waals surface area contributed by atoms with Crippen molar-refractivity contribution in [3.8, 4) is 11.1 Å². The maximum Gasteiger partial charge on any atom is 0.0725 e. The molecule has 0 radical (unpaired) electrons. The Morgan fingerprint density at radius 2 is 1.61 bits per heavy atom. The summed E-state index contributed by atoms with van der Waals surface area (Å²) in [6.45, 7) is 4.67. The quantitative estimate of drug-likeness (QED) is 0.558. The Hall–Kier alpha value is -2.08. The van der Waals surface area contributed by atoms with E-state index in [-0.39, 0.29) is 0 Å². The number of benzene rings is 2. The third kappa shape index (κ3) is 3.46. The Labute approximate surface area is 108 Å². The molecule has 1 heteroatoms. The van der Waals surface area contributed by atoms with Crippen LogP contribution in [0.4, 0.5) is 0 Å². The van der Waals surface area contributed by atoms with E-state index in [9.17, 15) is 0 Å². The fourth-order valence-corrected chi connectivity index (χ4v) is 1.72. The van der Waals surface area contributed by atoms with Gasteiger partial charge in [0.25, 0.3) is 0 Å².